The van der Waals surface area contributed by atoms with Crippen molar-refractivity contribution in [1.82, 2.24) is 4.90 Å². The number of hydrogen-bond acceptors (Lipinski definition) is 9. The molecule has 286 valence electrons. The highest BCUT2D eigenvalue weighted by atomic mass is 32.2. The molecular formula is C48H32N4O3S4. The maximum absolute atomic E-state index is 13.0. The molecule has 7 nitrogen and oxygen atoms in total. The van der Waals surface area contributed by atoms with E-state index in [1.54, 1.807) is 29.6 Å². The number of aliphatic carboxylic acids is 1. The molecule has 1 saturated heterocycles. The van der Waals surface area contributed by atoms with E-state index in [4.69, 9.17) is 12.2 Å². The van der Waals surface area contributed by atoms with E-state index in [0.29, 0.717) is 4.91 Å². The van der Waals surface area contributed by atoms with E-state index in [1.807, 2.05) is 24.3 Å². The van der Waals surface area contributed by atoms with Gasteiger partial charge in [-0.25, -0.2) is 0 Å². The fourth-order valence-electron chi connectivity index (χ4n) is 7.56. The summed E-state index contributed by atoms with van der Waals surface area (Å²) in [7, 11) is 0. The lowest BCUT2D eigenvalue weighted by molar-refractivity contribution is -0.140. The third kappa shape index (κ3) is 6.95. The normalized spacial score (nSPS) is 14.8. The van der Waals surface area contributed by atoms with Gasteiger partial charge in [0.25, 0.3) is 5.91 Å². The number of carboxylic acid groups (broad SMARTS) is 1. The van der Waals surface area contributed by atoms with Gasteiger partial charge in [-0.1, -0.05) is 108 Å². The molecule has 0 aromatic heterocycles. The molecule has 10 rings (SSSR count). The van der Waals surface area contributed by atoms with Crippen molar-refractivity contribution >= 4 is 121 Å². The van der Waals surface area contributed by atoms with Crippen molar-refractivity contribution in [2.45, 2.75) is 19.6 Å². The van der Waals surface area contributed by atoms with Gasteiger partial charge >= 0.3 is 5.97 Å². The predicted octanol–water partition coefficient (Wildman–Crippen LogP) is 13.3. The minimum absolute atomic E-state index is 0.240. The maximum atomic E-state index is 13.0. The van der Waals surface area contributed by atoms with E-state index in [9.17, 15) is 14.7 Å². The number of carbonyl (C=O) groups is 2. The van der Waals surface area contributed by atoms with Gasteiger partial charge in [-0.2, -0.15) is 0 Å². The maximum Gasteiger partial charge on any atom is 0.323 e. The van der Waals surface area contributed by atoms with E-state index < -0.39 is 18.4 Å². The highest BCUT2D eigenvalue weighted by molar-refractivity contribution is 8.26. The summed E-state index contributed by atoms with van der Waals surface area (Å²) in [6.07, 6.45) is 1.76. The Morgan fingerprint density at radius 3 is 1.31 bits per heavy atom. The van der Waals surface area contributed by atoms with Crippen LogP contribution in [0.5, 0.6) is 0 Å². The van der Waals surface area contributed by atoms with Gasteiger partial charge in [0.2, 0.25) is 0 Å². The Morgan fingerprint density at radius 1 is 0.542 bits per heavy atom. The summed E-state index contributed by atoms with van der Waals surface area (Å²) in [5.41, 5.74) is 10.4. The van der Waals surface area contributed by atoms with Crippen LogP contribution in [-0.4, -0.2) is 32.7 Å². The number of carbonyl (C=O) groups excluding carboxylic acids is 1. The first-order valence-electron chi connectivity index (χ1n) is 18.8. The Bertz CT molecular complexity index is 2600. The average Bonchev–Trinajstić information content (AvgIpc) is 3.52. The molecule has 1 N–H and O–H groups in total. The van der Waals surface area contributed by atoms with Crippen LogP contribution >= 0.6 is 47.5 Å². The van der Waals surface area contributed by atoms with Gasteiger partial charge in [0.15, 0.2) is 0 Å². The van der Waals surface area contributed by atoms with Crippen LogP contribution in [-0.2, 0) is 9.59 Å². The first-order chi connectivity index (χ1) is 28.9. The molecule has 0 spiro atoms. The number of fused-ring (bicyclic) bond motifs is 4. The first-order valence-corrected chi connectivity index (χ1v) is 21.6. The molecule has 3 heterocycles. The highest BCUT2D eigenvalue weighted by Gasteiger charge is 2.33. The number of benzene rings is 7. The van der Waals surface area contributed by atoms with E-state index in [1.165, 1.54) is 19.6 Å². The molecule has 0 saturated carbocycles. The number of nitrogens with zero attached hydrogens (tertiary/aromatic N) is 4. The summed E-state index contributed by atoms with van der Waals surface area (Å²) in [6, 6.07) is 59.4. The predicted molar refractivity (Wildman–Crippen MR) is 246 cm³/mol. The Labute approximate surface area is 359 Å². The third-order valence-electron chi connectivity index (χ3n) is 10.2. The number of hydrogen-bond donors (Lipinski definition) is 1. The van der Waals surface area contributed by atoms with Crippen molar-refractivity contribution in [1.29, 1.82) is 0 Å². The third-order valence-corrected chi connectivity index (χ3v) is 13.9. The van der Waals surface area contributed by atoms with Gasteiger partial charge < -0.3 is 19.8 Å². The average molecular weight is 841 g/mol. The molecule has 3 aliphatic rings. The van der Waals surface area contributed by atoms with Gasteiger partial charge in [-0.15, -0.1) is 0 Å². The zero-order chi connectivity index (χ0) is 40.0. The molecule has 0 atom stereocenters. The molecule has 11 heteroatoms. The van der Waals surface area contributed by atoms with Crippen LogP contribution in [0, 0.1) is 0 Å². The summed E-state index contributed by atoms with van der Waals surface area (Å²) in [4.78, 5) is 37.6. The molecule has 0 aliphatic carbocycles. The molecule has 0 bridgehead atoms. The van der Waals surface area contributed by atoms with Crippen molar-refractivity contribution in [2.24, 2.45) is 0 Å². The minimum atomic E-state index is -1.11. The van der Waals surface area contributed by atoms with Crippen molar-refractivity contribution in [3.8, 4) is 0 Å². The fourth-order valence-corrected chi connectivity index (χ4v) is 10.9. The second-order valence-corrected chi connectivity index (χ2v) is 17.7. The van der Waals surface area contributed by atoms with Crippen LogP contribution in [0.25, 0.3) is 6.08 Å². The highest BCUT2D eigenvalue weighted by Crippen LogP contribution is 2.53. The molecule has 0 unspecified atom stereocenters. The van der Waals surface area contributed by atoms with Gasteiger partial charge in [0.1, 0.15) is 10.9 Å². The van der Waals surface area contributed by atoms with E-state index >= 15 is 0 Å². The smallest absolute Gasteiger partial charge is 0.323 e. The summed E-state index contributed by atoms with van der Waals surface area (Å²) >= 11 is 10.0. The number of rotatable bonds is 8. The lowest BCUT2D eigenvalue weighted by atomic mass is 10.1. The van der Waals surface area contributed by atoms with Crippen molar-refractivity contribution in [3.63, 3.8) is 0 Å². The van der Waals surface area contributed by atoms with E-state index in [0.717, 1.165) is 73.4 Å². The van der Waals surface area contributed by atoms with Crippen LogP contribution in [0.3, 0.4) is 0 Å². The van der Waals surface area contributed by atoms with Crippen LogP contribution in [0.2, 0.25) is 0 Å². The second-order valence-electron chi connectivity index (χ2n) is 13.9. The fraction of sp³-hybridized carbons (Fsp3) is 0.0208. The van der Waals surface area contributed by atoms with Crippen LogP contribution in [0.15, 0.2) is 194 Å². The zero-order valence-electron chi connectivity index (χ0n) is 31.1. The van der Waals surface area contributed by atoms with Crippen molar-refractivity contribution in [2.75, 3.05) is 21.2 Å². The van der Waals surface area contributed by atoms with Crippen molar-refractivity contribution < 1.29 is 14.7 Å². The number of carboxylic acids is 1. The Balaban J connectivity index is 1.03. The molecule has 7 aromatic rings. The molecule has 0 radical (unpaired) electrons. The summed E-state index contributed by atoms with van der Waals surface area (Å²) < 4.78 is 0.240. The van der Waals surface area contributed by atoms with E-state index in [-0.39, 0.29) is 4.32 Å². The Morgan fingerprint density at radius 2 is 0.915 bits per heavy atom. The number of para-hydroxylation sites is 4. The number of anilines is 9. The van der Waals surface area contributed by atoms with Crippen LogP contribution < -0.4 is 14.7 Å². The minimum Gasteiger partial charge on any atom is -0.480 e. The summed E-state index contributed by atoms with van der Waals surface area (Å²) in [5.74, 6) is -1.51. The zero-order valence-corrected chi connectivity index (χ0v) is 34.4. The first kappa shape index (κ1) is 37.1. The van der Waals surface area contributed by atoms with Gasteiger partial charge in [-0.05, 0) is 121 Å². The van der Waals surface area contributed by atoms with Gasteiger partial charge in [-0.3, -0.25) is 14.5 Å². The molecule has 7 aromatic carbocycles. The second kappa shape index (κ2) is 15.5. The molecule has 59 heavy (non-hydrogen) atoms. The van der Waals surface area contributed by atoms with Crippen LogP contribution in [0.1, 0.15) is 5.56 Å². The monoisotopic (exact) mass is 840 g/mol. The van der Waals surface area contributed by atoms with Gasteiger partial charge in [0, 0.05) is 48.0 Å². The Hall–Kier alpha value is -6.24. The molecule has 1 fully saturated rings. The number of thiocarbonyl (C=S) groups is 1. The quantitative estimate of drug-likeness (QED) is 0.118. The largest absolute Gasteiger partial charge is 0.480 e. The summed E-state index contributed by atoms with van der Waals surface area (Å²) in [5, 5.41) is 9.28. The standard InChI is InChI=1S/C48H32N4O3S4/c53-46(54)30-49-47(55)45(59-48(49)56)29-31-17-19-32(20-18-31)50(33-21-25-35(26-22-33)51-37-9-1-5-13-41(37)57-42-14-6-2-10-38(42)51)34-23-27-36(28-24-34)52-39-11-3-7-15-43(39)58-44-16-8-4-12-40(44)52/h1-29H,30H2,(H,53,54)/b45-29+. The molecular weight excluding hydrogens is 809 g/mol. The lowest BCUT2D eigenvalue weighted by Crippen LogP contribution is -2.33. The van der Waals surface area contributed by atoms with Gasteiger partial charge in [0.05, 0.1) is 27.7 Å². The lowest BCUT2D eigenvalue weighted by Gasteiger charge is -2.34. The summed E-state index contributed by atoms with van der Waals surface area (Å²) in [6.45, 7) is -0.459. The topological polar surface area (TPSA) is 67.3 Å². The Kier molecular flexibility index (Phi) is 9.74. The molecule has 1 amide bonds. The van der Waals surface area contributed by atoms with Crippen LogP contribution in [0.4, 0.5) is 51.2 Å². The van der Waals surface area contributed by atoms with E-state index in [2.05, 4.69) is 160 Å². The van der Waals surface area contributed by atoms with Crippen molar-refractivity contribution in [3.05, 3.63) is 180 Å². The number of amides is 1. The SMILES string of the molecule is O=C(O)CN1C(=O)/C(=C\c2ccc(N(c3ccc(N4c5ccccc5Sc5ccccc54)cc3)c3ccc(N4c5ccccc5Sc5ccccc54)cc3)cc2)SC1=S. The number of thioether (sulfide) groups is 1. The molecule has 3 aliphatic heterocycles.